The van der Waals surface area contributed by atoms with Gasteiger partial charge in [0.2, 0.25) is 0 Å². The first kappa shape index (κ1) is 17.1. The molecule has 1 N–H and O–H groups in total. The summed E-state index contributed by atoms with van der Waals surface area (Å²) in [7, 11) is 0. The minimum absolute atomic E-state index is 0.163. The molecule has 0 aromatic carbocycles. The van der Waals surface area contributed by atoms with Gasteiger partial charge in [-0.2, -0.15) is 0 Å². The van der Waals surface area contributed by atoms with E-state index in [-0.39, 0.29) is 6.10 Å². The Kier molecular flexibility index (Phi) is 6.11. The minimum Gasteiger partial charge on any atom is -0.389 e. The lowest BCUT2D eigenvalue weighted by atomic mass is 10.2. The third-order valence-electron chi connectivity index (χ3n) is 3.74. The van der Waals surface area contributed by atoms with Crippen molar-refractivity contribution in [1.29, 1.82) is 0 Å². The van der Waals surface area contributed by atoms with Crippen LogP contribution in [0.1, 0.15) is 25.4 Å². The normalized spacial score (nSPS) is 18.0. The fraction of sp³-hybridized carbons (Fsp3) is 0.750. The van der Waals surface area contributed by atoms with E-state index >= 15 is 0 Å². The Morgan fingerprint density at radius 2 is 1.86 bits per heavy atom. The van der Waals surface area contributed by atoms with Crippen LogP contribution >= 0.6 is 0 Å². The van der Waals surface area contributed by atoms with E-state index in [1.165, 1.54) is 0 Å². The number of piperazine rings is 1. The van der Waals surface area contributed by atoms with E-state index in [1.807, 2.05) is 33.8 Å². The van der Waals surface area contributed by atoms with E-state index < -0.39 is 6.10 Å². The molecule has 1 aliphatic rings. The van der Waals surface area contributed by atoms with Gasteiger partial charge in [0.1, 0.15) is 11.6 Å². The van der Waals surface area contributed by atoms with Gasteiger partial charge < -0.3 is 14.7 Å². The maximum absolute atomic E-state index is 10.0. The average molecular weight is 308 g/mol. The molecule has 0 spiro atoms. The van der Waals surface area contributed by atoms with Crippen molar-refractivity contribution in [2.75, 3.05) is 44.2 Å². The van der Waals surface area contributed by atoms with Crippen molar-refractivity contribution in [3.05, 3.63) is 17.6 Å². The van der Waals surface area contributed by atoms with Crippen LogP contribution in [0.5, 0.6) is 0 Å². The number of aliphatic hydroxyl groups is 1. The summed E-state index contributed by atoms with van der Waals surface area (Å²) in [4.78, 5) is 13.4. The van der Waals surface area contributed by atoms with Gasteiger partial charge in [-0.3, -0.25) is 4.90 Å². The number of β-amino-alcohol motifs (C(OH)–C–C–N with tert-alkyl or cyclic N) is 1. The van der Waals surface area contributed by atoms with Crippen molar-refractivity contribution >= 4 is 5.82 Å². The molecule has 0 bridgehead atoms. The highest BCUT2D eigenvalue weighted by Crippen LogP contribution is 2.15. The largest absolute Gasteiger partial charge is 0.389 e. The molecule has 22 heavy (non-hydrogen) atoms. The van der Waals surface area contributed by atoms with Crippen molar-refractivity contribution < 1.29 is 9.84 Å². The number of hydrogen-bond donors (Lipinski definition) is 1. The molecule has 0 aliphatic carbocycles. The Hall–Kier alpha value is -1.24. The van der Waals surface area contributed by atoms with Gasteiger partial charge in [-0.25, -0.2) is 9.97 Å². The van der Waals surface area contributed by atoms with Crippen LogP contribution in [0.15, 0.2) is 6.07 Å². The first-order chi connectivity index (χ1) is 10.4. The van der Waals surface area contributed by atoms with E-state index in [1.54, 1.807) is 0 Å². The molecule has 1 unspecified atom stereocenters. The molecular formula is C16H28N4O2. The van der Waals surface area contributed by atoms with E-state index in [9.17, 15) is 5.11 Å². The smallest absolute Gasteiger partial charge is 0.132 e. The Balaban J connectivity index is 1.80. The number of rotatable bonds is 6. The van der Waals surface area contributed by atoms with Gasteiger partial charge >= 0.3 is 0 Å². The van der Waals surface area contributed by atoms with Gasteiger partial charge in [0.25, 0.3) is 0 Å². The number of anilines is 1. The highest BCUT2D eigenvalue weighted by Gasteiger charge is 2.20. The molecule has 1 aromatic heterocycles. The number of aromatic nitrogens is 2. The zero-order chi connectivity index (χ0) is 16.1. The summed E-state index contributed by atoms with van der Waals surface area (Å²) >= 11 is 0. The molecule has 6 heteroatoms. The lowest BCUT2D eigenvalue weighted by Gasteiger charge is -2.36. The topological polar surface area (TPSA) is 61.7 Å². The quantitative estimate of drug-likeness (QED) is 0.846. The summed E-state index contributed by atoms with van der Waals surface area (Å²) in [6.45, 7) is 12.7. The van der Waals surface area contributed by atoms with E-state index in [4.69, 9.17) is 4.74 Å². The van der Waals surface area contributed by atoms with Crippen molar-refractivity contribution in [1.82, 2.24) is 14.9 Å². The van der Waals surface area contributed by atoms with E-state index in [0.29, 0.717) is 13.2 Å². The fourth-order valence-corrected chi connectivity index (χ4v) is 2.67. The van der Waals surface area contributed by atoms with E-state index in [2.05, 4.69) is 19.8 Å². The zero-order valence-electron chi connectivity index (χ0n) is 14.1. The second-order valence-electron chi connectivity index (χ2n) is 6.24. The van der Waals surface area contributed by atoms with Gasteiger partial charge in [0, 0.05) is 44.5 Å². The molecule has 2 heterocycles. The third-order valence-corrected chi connectivity index (χ3v) is 3.74. The van der Waals surface area contributed by atoms with E-state index in [0.717, 1.165) is 43.5 Å². The second-order valence-corrected chi connectivity index (χ2v) is 6.24. The van der Waals surface area contributed by atoms with Crippen molar-refractivity contribution in [2.24, 2.45) is 0 Å². The number of aryl methyl sites for hydroxylation is 2. The van der Waals surface area contributed by atoms with Crippen LogP contribution < -0.4 is 4.90 Å². The van der Waals surface area contributed by atoms with Gasteiger partial charge in [-0.05, 0) is 27.7 Å². The van der Waals surface area contributed by atoms with Gasteiger partial charge in [-0.1, -0.05) is 0 Å². The zero-order valence-corrected chi connectivity index (χ0v) is 14.1. The molecule has 1 aromatic rings. The molecular weight excluding hydrogens is 280 g/mol. The Morgan fingerprint density at radius 3 is 2.45 bits per heavy atom. The Morgan fingerprint density at radius 1 is 1.18 bits per heavy atom. The van der Waals surface area contributed by atoms with Crippen molar-refractivity contribution in [3.8, 4) is 0 Å². The third kappa shape index (κ3) is 5.19. The van der Waals surface area contributed by atoms with Crippen LogP contribution in [-0.4, -0.2) is 71.5 Å². The standard InChI is InChI=1S/C16H28N4O2/c1-12(2)22-11-15(21)10-19-5-7-20(8-6-19)16-9-13(3)17-14(4)18-16/h9,12,15,21H,5-8,10-11H2,1-4H3. The second kappa shape index (κ2) is 7.85. The first-order valence-electron chi connectivity index (χ1n) is 8.03. The summed E-state index contributed by atoms with van der Waals surface area (Å²) in [6.07, 6.45) is -0.256. The summed E-state index contributed by atoms with van der Waals surface area (Å²) in [5, 5.41) is 10.0. The predicted octanol–water partition coefficient (Wildman–Crippen LogP) is 1.00. The van der Waals surface area contributed by atoms with Crippen LogP contribution in [0, 0.1) is 13.8 Å². The fourth-order valence-electron chi connectivity index (χ4n) is 2.67. The highest BCUT2D eigenvalue weighted by molar-refractivity contribution is 5.40. The van der Waals surface area contributed by atoms with Crippen LogP contribution in [0.2, 0.25) is 0 Å². The summed E-state index contributed by atoms with van der Waals surface area (Å²) < 4.78 is 5.46. The maximum atomic E-state index is 10.0. The Bertz CT molecular complexity index is 453. The van der Waals surface area contributed by atoms with Crippen LogP contribution in [0.25, 0.3) is 0 Å². The lowest BCUT2D eigenvalue weighted by Crippen LogP contribution is -2.49. The SMILES string of the molecule is Cc1cc(N2CCN(CC(O)COC(C)C)CC2)nc(C)n1. The van der Waals surface area contributed by atoms with Crippen LogP contribution in [0.3, 0.4) is 0 Å². The number of ether oxygens (including phenoxy) is 1. The van der Waals surface area contributed by atoms with Gasteiger partial charge in [0.15, 0.2) is 0 Å². The maximum Gasteiger partial charge on any atom is 0.132 e. The molecule has 0 saturated carbocycles. The molecule has 0 amide bonds. The van der Waals surface area contributed by atoms with Crippen molar-refractivity contribution in [2.45, 2.75) is 39.9 Å². The summed E-state index contributed by atoms with van der Waals surface area (Å²) in [5.74, 6) is 1.83. The highest BCUT2D eigenvalue weighted by atomic mass is 16.5. The first-order valence-corrected chi connectivity index (χ1v) is 8.03. The number of hydrogen-bond acceptors (Lipinski definition) is 6. The van der Waals surface area contributed by atoms with Gasteiger partial charge in [-0.15, -0.1) is 0 Å². The summed E-state index contributed by atoms with van der Waals surface area (Å²) in [6, 6.07) is 2.04. The number of aliphatic hydroxyl groups excluding tert-OH is 1. The van der Waals surface area contributed by atoms with Crippen molar-refractivity contribution in [3.63, 3.8) is 0 Å². The molecule has 0 radical (unpaired) electrons. The lowest BCUT2D eigenvalue weighted by molar-refractivity contribution is -0.00900. The molecule has 124 valence electrons. The predicted molar refractivity (Wildman–Crippen MR) is 87.3 cm³/mol. The number of nitrogens with zero attached hydrogens (tertiary/aromatic N) is 4. The molecule has 1 atom stereocenters. The molecule has 1 aliphatic heterocycles. The molecule has 1 fully saturated rings. The average Bonchev–Trinajstić information content (AvgIpc) is 2.45. The molecule has 2 rings (SSSR count). The minimum atomic E-state index is -0.419. The van der Waals surface area contributed by atoms with Gasteiger partial charge in [0.05, 0.1) is 18.8 Å². The monoisotopic (exact) mass is 308 g/mol. The molecule has 6 nitrogen and oxygen atoms in total. The van der Waals surface area contributed by atoms with Crippen LogP contribution in [-0.2, 0) is 4.74 Å². The Labute approximate surface area is 133 Å². The molecule has 1 saturated heterocycles. The van der Waals surface area contributed by atoms with Crippen LogP contribution in [0.4, 0.5) is 5.82 Å². The summed E-state index contributed by atoms with van der Waals surface area (Å²) in [5.41, 5.74) is 1.01.